The van der Waals surface area contributed by atoms with Crippen LogP contribution in [0.1, 0.15) is 31.7 Å². The van der Waals surface area contributed by atoms with Gasteiger partial charge in [0, 0.05) is 6.92 Å². The second-order valence-corrected chi connectivity index (χ2v) is 5.09. The molecule has 0 heterocycles. The van der Waals surface area contributed by atoms with Gasteiger partial charge in [0.25, 0.3) is 0 Å². The summed E-state index contributed by atoms with van der Waals surface area (Å²) in [6, 6.07) is 9.87. The molecule has 0 aliphatic heterocycles. The van der Waals surface area contributed by atoms with Crippen LogP contribution in [0.4, 0.5) is 0 Å². The van der Waals surface area contributed by atoms with Crippen LogP contribution in [-0.4, -0.2) is 30.3 Å². The van der Waals surface area contributed by atoms with E-state index in [0.29, 0.717) is 6.42 Å². The van der Waals surface area contributed by atoms with E-state index < -0.39 is 5.54 Å². The first-order valence-electron chi connectivity index (χ1n) is 6.99. The number of nitrogens with one attached hydrogen (secondary N) is 1. The largest absolute Gasteiger partial charge is 0.497 e. The second kappa shape index (κ2) is 8.28. The summed E-state index contributed by atoms with van der Waals surface area (Å²) >= 11 is 0. The lowest BCUT2D eigenvalue weighted by atomic mass is 9.93. The molecule has 1 unspecified atom stereocenters. The van der Waals surface area contributed by atoms with Gasteiger partial charge >= 0.3 is 0 Å². The van der Waals surface area contributed by atoms with E-state index in [-0.39, 0.29) is 12.5 Å². The number of nitriles is 1. The number of aryl methyl sites for hydroxylation is 1. The number of ether oxygens (including phenoxy) is 1. The van der Waals surface area contributed by atoms with E-state index in [2.05, 4.69) is 5.32 Å². The molecular weight excluding hydrogens is 268 g/mol. The van der Waals surface area contributed by atoms with Gasteiger partial charge in [0.1, 0.15) is 5.75 Å². The monoisotopic (exact) mass is 290 g/mol. The van der Waals surface area contributed by atoms with Crippen LogP contribution in [0.5, 0.6) is 5.75 Å². The van der Waals surface area contributed by atoms with Gasteiger partial charge in [0.15, 0.2) is 5.54 Å². The normalized spacial score (nSPS) is 13.0. The second-order valence-electron chi connectivity index (χ2n) is 5.09. The summed E-state index contributed by atoms with van der Waals surface area (Å²) in [7, 11) is 1.63. The molecule has 1 rings (SSSR count). The Balaban J connectivity index is 2.43. The van der Waals surface area contributed by atoms with Crippen LogP contribution in [0.15, 0.2) is 24.3 Å². The zero-order valence-electron chi connectivity index (χ0n) is 12.6. The van der Waals surface area contributed by atoms with Crippen molar-refractivity contribution in [1.29, 1.82) is 5.26 Å². The Kier molecular flexibility index (Phi) is 6.70. The standard InChI is InChI=1S/C16H22N2O3/c1-13(20)18-16(11-17,12-19)10-4-3-5-14-6-8-15(21-2)9-7-14/h6-9,19H,3-5,10,12H2,1-2H3,(H,18,20). The van der Waals surface area contributed by atoms with Crippen molar-refractivity contribution in [3.8, 4) is 11.8 Å². The van der Waals surface area contributed by atoms with Crippen molar-refractivity contribution in [2.75, 3.05) is 13.7 Å². The topological polar surface area (TPSA) is 82.3 Å². The van der Waals surface area contributed by atoms with Crippen molar-refractivity contribution in [2.45, 2.75) is 38.1 Å². The summed E-state index contributed by atoms with van der Waals surface area (Å²) in [5.74, 6) is 0.522. The zero-order chi connectivity index (χ0) is 15.7. The highest BCUT2D eigenvalue weighted by molar-refractivity contribution is 5.74. The van der Waals surface area contributed by atoms with Crippen LogP contribution in [0.2, 0.25) is 0 Å². The molecule has 0 spiro atoms. The van der Waals surface area contributed by atoms with Gasteiger partial charge in [-0.3, -0.25) is 4.79 Å². The first-order chi connectivity index (χ1) is 10.0. The highest BCUT2D eigenvalue weighted by atomic mass is 16.5. The molecule has 114 valence electrons. The van der Waals surface area contributed by atoms with E-state index in [4.69, 9.17) is 10.00 Å². The van der Waals surface area contributed by atoms with Crippen LogP contribution in [0, 0.1) is 11.3 Å². The molecule has 1 aromatic rings. The molecule has 0 radical (unpaired) electrons. The average molecular weight is 290 g/mol. The summed E-state index contributed by atoms with van der Waals surface area (Å²) in [5.41, 5.74) is 0.0352. The number of hydrogen-bond acceptors (Lipinski definition) is 4. The molecule has 1 aromatic carbocycles. The Labute approximate surface area is 125 Å². The number of nitrogens with zero attached hydrogens (tertiary/aromatic N) is 1. The lowest BCUT2D eigenvalue weighted by molar-refractivity contribution is -0.120. The number of carbonyl (C=O) groups is 1. The number of hydrogen-bond donors (Lipinski definition) is 2. The van der Waals surface area contributed by atoms with Gasteiger partial charge < -0.3 is 15.2 Å². The highest BCUT2D eigenvalue weighted by Crippen LogP contribution is 2.17. The Morgan fingerprint density at radius 2 is 2.05 bits per heavy atom. The molecule has 5 nitrogen and oxygen atoms in total. The van der Waals surface area contributed by atoms with Gasteiger partial charge in [-0.25, -0.2) is 0 Å². The molecule has 0 saturated carbocycles. The minimum absolute atomic E-state index is 0.305. The maximum Gasteiger partial charge on any atom is 0.218 e. The number of rotatable bonds is 8. The number of carbonyl (C=O) groups excluding carboxylic acids is 1. The van der Waals surface area contributed by atoms with Gasteiger partial charge in [-0.1, -0.05) is 12.1 Å². The molecule has 5 heteroatoms. The van der Waals surface area contributed by atoms with Crippen molar-refractivity contribution >= 4 is 5.91 Å². The number of aliphatic hydroxyl groups excluding tert-OH is 1. The lowest BCUT2D eigenvalue weighted by Gasteiger charge is -2.24. The minimum atomic E-state index is -1.16. The van der Waals surface area contributed by atoms with Crippen molar-refractivity contribution in [2.24, 2.45) is 0 Å². The maximum absolute atomic E-state index is 11.1. The minimum Gasteiger partial charge on any atom is -0.497 e. The Morgan fingerprint density at radius 3 is 2.52 bits per heavy atom. The van der Waals surface area contributed by atoms with Crippen LogP contribution >= 0.6 is 0 Å². The summed E-state index contributed by atoms with van der Waals surface area (Å²) in [5, 5.41) is 21.0. The fourth-order valence-corrected chi connectivity index (χ4v) is 2.19. The number of benzene rings is 1. The predicted octanol–water partition coefficient (Wildman–Crippen LogP) is 1.80. The third-order valence-corrected chi connectivity index (χ3v) is 3.38. The van der Waals surface area contributed by atoms with E-state index >= 15 is 0 Å². The SMILES string of the molecule is COc1ccc(CCCCC(C#N)(CO)NC(C)=O)cc1. The summed E-state index contributed by atoms with van der Waals surface area (Å²) in [6.45, 7) is 0.977. The van der Waals surface area contributed by atoms with Gasteiger partial charge in [0.05, 0.1) is 19.8 Å². The smallest absolute Gasteiger partial charge is 0.218 e. The molecule has 1 atom stereocenters. The van der Waals surface area contributed by atoms with E-state index in [9.17, 15) is 9.90 Å². The maximum atomic E-state index is 11.1. The number of aliphatic hydroxyl groups is 1. The molecule has 0 aromatic heterocycles. The van der Waals surface area contributed by atoms with E-state index in [1.807, 2.05) is 30.3 Å². The van der Waals surface area contributed by atoms with Crippen LogP contribution < -0.4 is 10.1 Å². The van der Waals surface area contributed by atoms with Crippen molar-refractivity contribution in [1.82, 2.24) is 5.32 Å². The molecule has 0 fully saturated rings. The van der Waals surface area contributed by atoms with Crippen LogP contribution in [0.3, 0.4) is 0 Å². The van der Waals surface area contributed by atoms with Crippen molar-refractivity contribution in [3.05, 3.63) is 29.8 Å². The molecule has 1 amide bonds. The van der Waals surface area contributed by atoms with Crippen LogP contribution in [-0.2, 0) is 11.2 Å². The zero-order valence-corrected chi connectivity index (χ0v) is 12.6. The number of unbranched alkanes of at least 4 members (excludes halogenated alkanes) is 1. The number of amides is 1. The summed E-state index contributed by atoms with van der Waals surface area (Å²) in [4.78, 5) is 11.1. The number of methoxy groups -OCH3 is 1. The predicted molar refractivity (Wildman–Crippen MR) is 79.8 cm³/mol. The highest BCUT2D eigenvalue weighted by Gasteiger charge is 2.29. The third-order valence-electron chi connectivity index (χ3n) is 3.38. The average Bonchev–Trinajstić information content (AvgIpc) is 2.50. The van der Waals surface area contributed by atoms with Gasteiger partial charge in [-0.2, -0.15) is 5.26 Å². The summed E-state index contributed by atoms with van der Waals surface area (Å²) in [6.07, 6.45) is 2.96. The molecule has 0 aliphatic carbocycles. The summed E-state index contributed by atoms with van der Waals surface area (Å²) < 4.78 is 5.10. The molecule has 0 saturated heterocycles. The van der Waals surface area contributed by atoms with Crippen LogP contribution in [0.25, 0.3) is 0 Å². The Bertz CT molecular complexity index is 493. The fourth-order valence-electron chi connectivity index (χ4n) is 2.19. The molecule has 21 heavy (non-hydrogen) atoms. The Morgan fingerprint density at radius 1 is 1.38 bits per heavy atom. The van der Waals surface area contributed by atoms with E-state index in [1.54, 1.807) is 7.11 Å². The molecule has 0 bridgehead atoms. The van der Waals surface area contributed by atoms with Crippen molar-refractivity contribution in [3.63, 3.8) is 0 Å². The van der Waals surface area contributed by atoms with Crippen molar-refractivity contribution < 1.29 is 14.6 Å². The molecular formula is C16H22N2O3. The lowest BCUT2D eigenvalue weighted by Crippen LogP contribution is -2.49. The van der Waals surface area contributed by atoms with E-state index in [1.165, 1.54) is 12.5 Å². The Hall–Kier alpha value is -2.06. The molecule has 0 aliphatic rings. The fraction of sp³-hybridized carbons (Fsp3) is 0.500. The quantitative estimate of drug-likeness (QED) is 0.715. The first-order valence-corrected chi connectivity index (χ1v) is 6.99. The first kappa shape index (κ1) is 17.0. The van der Waals surface area contributed by atoms with Gasteiger partial charge in [-0.15, -0.1) is 0 Å². The van der Waals surface area contributed by atoms with E-state index in [0.717, 1.165) is 25.0 Å². The molecule has 2 N–H and O–H groups in total. The van der Waals surface area contributed by atoms with Gasteiger partial charge in [-0.05, 0) is 43.4 Å². The van der Waals surface area contributed by atoms with Gasteiger partial charge in [0.2, 0.25) is 5.91 Å². The third kappa shape index (κ3) is 5.44.